The summed E-state index contributed by atoms with van der Waals surface area (Å²) in [6.07, 6.45) is 0.444. The van der Waals surface area contributed by atoms with E-state index in [1.54, 1.807) is 11.7 Å². The molecular weight excluding hydrogens is 198 g/mol. The Bertz CT molecular complexity index is 347. The minimum absolute atomic E-state index is 0.0469. The van der Waals surface area contributed by atoms with Gasteiger partial charge in [-0.2, -0.15) is 0 Å². The second-order valence-corrected chi connectivity index (χ2v) is 3.36. The van der Waals surface area contributed by atoms with Crippen LogP contribution in [0.1, 0.15) is 13.3 Å². The van der Waals surface area contributed by atoms with Crippen LogP contribution in [0.5, 0.6) is 0 Å². The molecule has 1 atom stereocenters. The molecule has 15 heavy (non-hydrogen) atoms. The Morgan fingerprint density at radius 3 is 2.87 bits per heavy atom. The average molecular weight is 213 g/mol. The van der Waals surface area contributed by atoms with Gasteiger partial charge in [-0.15, -0.1) is 0 Å². The highest BCUT2D eigenvalue weighted by Crippen LogP contribution is 2.10. The summed E-state index contributed by atoms with van der Waals surface area (Å²) in [6.45, 7) is 1.94. The van der Waals surface area contributed by atoms with Crippen LogP contribution in [-0.2, 0) is 7.05 Å². The molecule has 1 aromatic rings. The molecular formula is C7H15N7O. The topological polar surface area (TPSA) is 105 Å². The van der Waals surface area contributed by atoms with Crippen molar-refractivity contribution in [2.75, 3.05) is 11.9 Å². The third kappa shape index (κ3) is 2.55. The first-order valence-electron chi connectivity index (χ1n) is 4.47. The minimum atomic E-state index is 0.0469. The highest BCUT2D eigenvalue weighted by molar-refractivity contribution is 5.80. The van der Waals surface area contributed by atoms with Crippen LogP contribution in [0.15, 0.2) is 5.16 Å². The van der Waals surface area contributed by atoms with Crippen molar-refractivity contribution in [2.24, 2.45) is 17.9 Å². The maximum absolute atomic E-state index is 8.45. The number of nitrogens with zero attached hydrogens (tertiary/aromatic N) is 6. The van der Waals surface area contributed by atoms with Gasteiger partial charge >= 0.3 is 0 Å². The van der Waals surface area contributed by atoms with Gasteiger partial charge in [0.1, 0.15) is 5.84 Å². The summed E-state index contributed by atoms with van der Waals surface area (Å²) in [6, 6.07) is 0.0469. The number of rotatable bonds is 4. The third-order valence-corrected chi connectivity index (χ3v) is 2.21. The van der Waals surface area contributed by atoms with E-state index >= 15 is 0 Å². The zero-order valence-electron chi connectivity index (χ0n) is 8.99. The van der Waals surface area contributed by atoms with Crippen LogP contribution in [0.25, 0.3) is 0 Å². The van der Waals surface area contributed by atoms with Crippen molar-refractivity contribution in [1.29, 1.82) is 0 Å². The summed E-state index contributed by atoms with van der Waals surface area (Å²) in [7, 11) is 3.60. The lowest BCUT2D eigenvalue weighted by Gasteiger charge is -2.23. The van der Waals surface area contributed by atoms with Crippen molar-refractivity contribution in [2.45, 2.75) is 19.4 Å². The summed E-state index contributed by atoms with van der Waals surface area (Å²) in [5, 5.41) is 22.5. The van der Waals surface area contributed by atoms with Gasteiger partial charge in [0.2, 0.25) is 5.95 Å². The van der Waals surface area contributed by atoms with Gasteiger partial charge in [0, 0.05) is 26.6 Å². The van der Waals surface area contributed by atoms with Crippen LogP contribution in [-0.4, -0.2) is 44.3 Å². The fourth-order valence-electron chi connectivity index (χ4n) is 1.20. The number of nitrogens with two attached hydrogens (primary N) is 1. The molecule has 0 spiro atoms. The molecule has 0 amide bonds. The van der Waals surface area contributed by atoms with E-state index in [-0.39, 0.29) is 11.9 Å². The molecule has 0 aliphatic carbocycles. The van der Waals surface area contributed by atoms with Gasteiger partial charge < -0.3 is 15.8 Å². The van der Waals surface area contributed by atoms with Gasteiger partial charge in [0.15, 0.2) is 0 Å². The van der Waals surface area contributed by atoms with Gasteiger partial charge in [-0.1, -0.05) is 10.3 Å². The van der Waals surface area contributed by atoms with Crippen molar-refractivity contribution in [1.82, 2.24) is 20.2 Å². The zero-order chi connectivity index (χ0) is 11.4. The van der Waals surface area contributed by atoms with Gasteiger partial charge in [0.05, 0.1) is 0 Å². The Morgan fingerprint density at radius 1 is 1.73 bits per heavy atom. The molecule has 1 unspecified atom stereocenters. The van der Waals surface area contributed by atoms with Crippen molar-refractivity contribution in [3.05, 3.63) is 0 Å². The first-order valence-corrected chi connectivity index (χ1v) is 4.47. The average Bonchev–Trinajstić information content (AvgIpc) is 2.63. The number of aromatic nitrogens is 4. The molecule has 1 aromatic heterocycles. The van der Waals surface area contributed by atoms with Crippen LogP contribution in [0.3, 0.4) is 0 Å². The monoisotopic (exact) mass is 213 g/mol. The molecule has 8 nitrogen and oxygen atoms in total. The molecule has 0 aliphatic rings. The SMILES string of the molecule is CC(CC(N)=NO)N(C)c1nnnn1C. The lowest BCUT2D eigenvalue weighted by molar-refractivity contribution is 0.316. The van der Waals surface area contributed by atoms with Gasteiger partial charge in [-0.3, -0.25) is 0 Å². The smallest absolute Gasteiger partial charge is 0.245 e. The van der Waals surface area contributed by atoms with Crippen LogP contribution >= 0.6 is 0 Å². The molecule has 0 aromatic carbocycles. The number of aryl methyl sites for hydroxylation is 1. The van der Waals surface area contributed by atoms with E-state index < -0.39 is 0 Å². The van der Waals surface area contributed by atoms with E-state index in [1.807, 2.05) is 18.9 Å². The second-order valence-electron chi connectivity index (χ2n) is 3.36. The third-order valence-electron chi connectivity index (χ3n) is 2.21. The molecule has 1 heterocycles. The molecule has 8 heteroatoms. The molecule has 1 rings (SSSR count). The maximum atomic E-state index is 8.45. The summed E-state index contributed by atoms with van der Waals surface area (Å²) >= 11 is 0. The Labute approximate surface area is 87.3 Å². The lowest BCUT2D eigenvalue weighted by Crippen LogP contribution is -2.34. The Morgan fingerprint density at radius 2 is 2.40 bits per heavy atom. The molecule has 0 saturated carbocycles. The highest BCUT2D eigenvalue weighted by Gasteiger charge is 2.16. The molecule has 0 aliphatic heterocycles. The van der Waals surface area contributed by atoms with Crippen LogP contribution in [0.2, 0.25) is 0 Å². The zero-order valence-corrected chi connectivity index (χ0v) is 8.99. The molecule has 84 valence electrons. The first-order chi connectivity index (χ1) is 7.06. The molecule has 0 saturated heterocycles. The molecule has 0 bridgehead atoms. The summed E-state index contributed by atoms with van der Waals surface area (Å²) in [5.74, 6) is 0.817. The van der Waals surface area contributed by atoms with Crippen LogP contribution in [0.4, 0.5) is 5.95 Å². The standard InChI is InChI=1S/C7H15N7O/c1-5(4-6(8)10-15)13(2)7-9-11-12-14(7)3/h5,15H,4H2,1-3H3,(H2,8,10). The quantitative estimate of drug-likeness (QED) is 0.293. The van der Waals surface area contributed by atoms with E-state index in [9.17, 15) is 0 Å². The van der Waals surface area contributed by atoms with Crippen molar-refractivity contribution < 1.29 is 5.21 Å². The van der Waals surface area contributed by atoms with E-state index in [2.05, 4.69) is 20.7 Å². The first kappa shape index (κ1) is 11.2. The normalized spacial score (nSPS) is 13.9. The number of tetrazole rings is 1. The van der Waals surface area contributed by atoms with E-state index in [4.69, 9.17) is 10.9 Å². The summed E-state index contributed by atoms with van der Waals surface area (Å²) in [4.78, 5) is 1.86. The molecule has 0 fully saturated rings. The Balaban J connectivity index is 2.69. The van der Waals surface area contributed by atoms with Crippen LogP contribution in [0, 0.1) is 0 Å². The van der Waals surface area contributed by atoms with Crippen molar-refractivity contribution >= 4 is 11.8 Å². The number of anilines is 1. The van der Waals surface area contributed by atoms with Crippen LogP contribution < -0.4 is 10.6 Å². The largest absolute Gasteiger partial charge is 0.409 e. The van der Waals surface area contributed by atoms with Gasteiger partial charge in [0.25, 0.3) is 0 Å². The fourth-order valence-corrected chi connectivity index (χ4v) is 1.20. The van der Waals surface area contributed by atoms with E-state index in [0.717, 1.165) is 0 Å². The fraction of sp³-hybridized carbons (Fsp3) is 0.714. The number of amidine groups is 1. The number of hydrogen-bond acceptors (Lipinski definition) is 6. The summed E-state index contributed by atoms with van der Waals surface area (Å²) < 4.78 is 1.56. The minimum Gasteiger partial charge on any atom is -0.409 e. The molecule has 3 N–H and O–H groups in total. The summed E-state index contributed by atoms with van der Waals surface area (Å²) in [5.41, 5.74) is 5.42. The predicted molar refractivity (Wildman–Crippen MR) is 54.7 cm³/mol. The van der Waals surface area contributed by atoms with Gasteiger partial charge in [-0.25, -0.2) is 4.68 Å². The van der Waals surface area contributed by atoms with Crippen molar-refractivity contribution in [3.8, 4) is 0 Å². The Kier molecular flexibility index (Phi) is 3.42. The highest BCUT2D eigenvalue weighted by atomic mass is 16.4. The van der Waals surface area contributed by atoms with Crippen molar-refractivity contribution in [3.63, 3.8) is 0 Å². The number of oxime groups is 1. The van der Waals surface area contributed by atoms with Gasteiger partial charge in [-0.05, 0) is 17.4 Å². The van der Waals surface area contributed by atoms with E-state index in [1.165, 1.54) is 0 Å². The van der Waals surface area contributed by atoms with E-state index in [0.29, 0.717) is 12.4 Å². The molecule has 0 radical (unpaired) electrons. The lowest BCUT2D eigenvalue weighted by atomic mass is 10.2. The maximum Gasteiger partial charge on any atom is 0.245 e. The second kappa shape index (κ2) is 4.58. The Hall–Kier alpha value is -1.86. The predicted octanol–water partition coefficient (Wildman–Crippen LogP) is -0.829. The number of hydrogen-bond donors (Lipinski definition) is 2.